The molecular formula is C10H7AlO. The van der Waals surface area contributed by atoms with Crippen LogP contribution in [-0.2, 0) is 0 Å². The van der Waals surface area contributed by atoms with E-state index in [1.54, 1.807) is 6.07 Å². The van der Waals surface area contributed by atoms with E-state index in [2.05, 4.69) is 16.3 Å². The fourth-order valence-corrected chi connectivity index (χ4v) is 1.64. The number of hydrogen-bond acceptors (Lipinski definition) is 1. The van der Waals surface area contributed by atoms with Crippen molar-refractivity contribution >= 4 is 31.5 Å². The van der Waals surface area contributed by atoms with Gasteiger partial charge in [-0.15, -0.1) is 0 Å². The molecule has 12 heavy (non-hydrogen) atoms. The van der Waals surface area contributed by atoms with E-state index in [0.717, 1.165) is 15.2 Å². The Hall–Kier alpha value is -0.968. The number of fused-ring (bicyclic) bond motifs is 1. The molecule has 0 spiro atoms. The van der Waals surface area contributed by atoms with Gasteiger partial charge >= 0.3 is 0 Å². The molecule has 2 aromatic carbocycles. The van der Waals surface area contributed by atoms with Gasteiger partial charge in [0, 0.05) is 0 Å². The van der Waals surface area contributed by atoms with Gasteiger partial charge in [-0.3, -0.25) is 0 Å². The molecule has 0 saturated carbocycles. The molecule has 2 heteroatoms. The first-order valence-electron chi connectivity index (χ1n) is 3.75. The van der Waals surface area contributed by atoms with Gasteiger partial charge in [-0.2, -0.15) is 0 Å². The van der Waals surface area contributed by atoms with Crippen molar-refractivity contribution in [2.45, 2.75) is 0 Å². The summed E-state index contributed by atoms with van der Waals surface area (Å²) in [6.45, 7) is 0. The first-order valence-corrected chi connectivity index (χ1v) is 4.33. The second-order valence-electron chi connectivity index (χ2n) is 2.72. The fraction of sp³-hybridized carbons (Fsp3) is 0. The van der Waals surface area contributed by atoms with Crippen molar-refractivity contribution in [3.8, 4) is 5.75 Å². The zero-order chi connectivity index (χ0) is 8.55. The van der Waals surface area contributed by atoms with Crippen LogP contribution in [-0.4, -0.2) is 21.4 Å². The van der Waals surface area contributed by atoms with Gasteiger partial charge in [-0.05, 0) is 16.8 Å². The van der Waals surface area contributed by atoms with Crippen molar-refractivity contribution in [3.05, 3.63) is 36.4 Å². The summed E-state index contributed by atoms with van der Waals surface area (Å²) in [4.78, 5) is 0. The quantitative estimate of drug-likeness (QED) is 0.591. The van der Waals surface area contributed by atoms with Gasteiger partial charge < -0.3 is 5.11 Å². The number of hydrogen-bond donors (Lipinski definition) is 1. The minimum Gasteiger partial charge on any atom is -0.509 e. The highest BCUT2D eigenvalue weighted by Gasteiger charge is 1.98. The van der Waals surface area contributed by atoms with E-state index < -0.39 is 0 Å². The lowest BCUT2D eigenvalue weighted by Gasteiger charge is -2.04. The lowest BCUT2D eigenvalue weighted by atomic mass is 10.1. The Morgan fingerprint density at radius 3 is 2.58 bits per heavy atom. The normalized spacial score (nSPS) is 10.3. The number of benzene rings is 2. The highest BCUT2D eigenvalue weighted by Crippen LogP contribution is 2.15. The van der Waals surface area contributed by atoms with Gasteiger partial charge in [0.25, 0.3) is 0 Å². The number of rotatable bonds is 0. The smallest absolute Gasteiger partial charge is 0.183 e. The van der Waals surface area contributed by atoms with E-state index in [1.165, 1.54) is 0 Å². The minimum absolute atomic E-state index is 0.332. The predicted molar refractivity (Wildman–Crippen MR) is 51.0 cm³/mol. The summed E-state index contributed by atoms with van der Waals surface area (Å²) in [5.41, 5.74) is 0. The van der Waals surface area contributed by atoms with Crippen LogP contribution in [0.1, 0.15) is 0 Å². The minimum atomic E-state index is 0.332. The van der Waals surface area contributed by atoms with Crippen LogP contribution in [0.2, 0.25) is 0 Å². The summed E-state index contributed by atoms with van der Waals surface area (Å²) in [6.07, 6.45) is 0. The van der Waals surface area contributed by atoms with E-state index in [0.29, 0.717) is 5.75 Å². The summed E-state index contributed by atoms with van der Waals surface area (Å²) in [6, 6.07) is 11.6. The van der Waals surface area contributed by atoms with Gasteiger partial charge in [0.1, 0.15) is 5.75 Å². The zero-order valence-electron chi connectivity index (χ0n) is 6.49. The van der Waals surface area contributed by atoms with Crippen LogP contribution >= 0.6 is 0 Å². The van der Waals surface area contributed by atoms with Gasteiger partial charge in [-0.1, -0.05) is 34.8 Å². The third kappa shape index (κ3) is 1.10. The third-order valence-corrected chi connectivity index (χ3v) is 2.55. The topological polar surface area (TPSA) is 20.2 Å². The first kappa shape index (κ1) is 7.67. The SMILES string of the molecule is Oc1ccc2ccccc2[c]1[Al]. The molecule has 0 aliphatic carbocycles. The number of phenols is 1. The van der Waals surface area contributed by atoms with E-state index >= 15 is 0 Å². The summed E-state index contributed by atoms with van der Waals surface area (Å²) in [5, 5.41) is 11.6. The van der Waals surface area contributed by atoms with Crippen molar-refractivity contribution in [2.75, 3.05) is 0 Å². The molecular weight excluding hydrogens is 163 g/mol. The Morgan fingerprint density at radius 1 is 1.00 bits per heavy atom. The lowest BCUT2D eigenvalue weighted by molar-refractivity contribution is 0.480. The average Bonchev–Trinajstić information content (AvgIpc) is 2.12. The molecule has 1 N–H and O–H groups in total. The molecule has 0 amide bonds. The van der Waals surface area contributed by atoms with Crippen LogP contribution in [0.5, 0.6) is 5.75 Å². The molecule has 0 heterocycles. The molecule has 0 bridgehead atoms. The maximum absolute atomic E-state index is 9.40. The fourth-order valence-electron chi connectivity index (χ4n) is 1.28. The molecule has 0 fully saturated rings. The Labute approximate surface area is 79.1 Å². The van der Waals surface area contributed by atoms with Crippen LogP contribution < -0.4 is 4.43 Å². The molecule has 2 aromatic rings. The largest absolute Gasteiger partial charge is 0.509 e. The second kappa shape index (κ2) is 2.82. The highest BCUT2D eigenvalue weighted by atomic mass is 27.0. The Bertz CT molecular complexity index is 423. The number of phenolic OH excluding ortho intramolecular Hbond substituents is 1. The first-order chi connectivity index (χ1) is 5.79. The van der Waals surface area contributed by atoms with E-state index in [-0.39, 0.29) is 0 Å². The van der Waals surface area contributed by atoms with Crippen molar-refractivity contribution in [1.82, 2.24) is 0 Å². The monoisotopic (exact) mass is 170 g/mol. The van der Waals surface area contributed by atoms with Crippen molar-refractivity contribution in [2.24, 2.45) is 0 Å². The Kier molecular flexibility index (Phi) is 1.80. The van der Waals surface area contributed by atoms with Crippen LogP contribution in [0.3, 0.4) is 0 Å². The van der Waals surface area contributed by atoms with Crippen molar-refractivity contribution in [3.63, 3.8) is 0 Å². The molecule has 0 aliphatic heterocycles. The van der Waals surface area contributed by atoms with Crippen molar-refractivity contribution in [1.29, 1.82) is 0 Å². The third-order valence-electron chi connectivity index (χ3n) is 1.95. The average molecular weight is 170 g/mol. The molecule has 0 atom stereocenters. The van der Waals surface area contributed by atoms with Crippen molar-refractivity contribution < 1.29 is 5.11 Å². The molecule has 2 rings (SSSR count). The number of aromatic hydroxyl groups is 1. The van der Waals surface area contributed by atoms with Gasteiger partial charge in [0.2, 0.25) is 0 Å². The standard InChI is InChI=1S/C10H7O.Al/c11-10-6-5-8-3-1-2-4-9(8)7-10;/h1-6,11H;. The molecule has 2 radical (unpaired) electrons. The maximum atomic E-state index is 9.40. The van der Waals surface area contributed by atoms with Crippen LogP contribution in [0.4, 0.5) is 0 Å². The summed E-state index contributed by atoms with van der Waals surface area (Å²) >= 11 is 2.55. The lowest BCUT2D eigenvalue weighted by Crippen LogP contribution is -2.03. The maximum Gasteiger partial charge on any atom is 0.183 e. The molecule has 0 unspecified atom stereocenters. The van der Waals surface area contributed by atoms with Crippen LogP contribution in [0.15, 0.2) is 36.4 Å². The summed E-state index contributed by atoms with van der Waals surface area (Å²) < 4.78 is 0.869. The van der Waals surface area contributed by atoms with E-state index in [9.17, 15) is 5.11 Å². The van der Waals surface area contributed by atoms with Crippen LogP contribution in [0.25, 0.3) is 10.8 Å². The zero-order valence-corrected chi connectivity index (χ0v) is 7.64. The molecule has 0 saturated heterocycles. The molecule has 1 nitrogen and oxygen atoms in total. The predicted octanol–water partition coefficient (Wildman–Crippen LogP) is 1.34. The summed E-state index contributed by atoms with van der Waals surface area (Å²) in [5.74, 6) is 0.332. The van der Waals surface area contributed by atoms with E-state index in [4.69, 9.17) is 0 Å². The molecule has 56 valence electrons. The second-order valence-corrected chi connectivity index (χ2v) is 3.30. The van der Waals surface area contributed by atoms with Crippen LogP contribution in [0, 0.1) is 0 Å². The van der Waals surface area contributed by atoms with Gasteiger partial charge in [0.05, 0.1) is 0 Å². The highest BCUT2D eigenvalue weighted by molar-refractivity contribution is 6.40. The Morgan fingerprint density at radius 2 is 1.75 bits per heavy atom. The Balaban J connectivity index is 2.91. The molecule has 0 aliphatic rings. The van der Waals surface area contributed by atoms with Gasteiger partial charge in [0.15, 0.2) is 16.3 Å². The molecule has 0 aromatic heterocycles. The van der Waals surface area contributed by atoms with E-state index in [1.807, 2.05) is 30.3 Å². The summed E-state index contributed by atoms with van der Waals surface area (Å²) in [7, 11) is 0. The van der Waals surface area contributed by atoms with Gasteiger partial charge in [-0.25, -0.2) is 0 Å².